The molecule has 2 fully saturated rings. The number of anilines is 1. The zero-order chi connectivity index (χ0) is 24.4. The van der Waals surface area contributed by atoms with E-state index in [-0.39, 0.29) is 18.8 Å². The highest BCUT2D eigenvalue weighted by molar-refractivity contribution is 6.30. The Morgan fingerprint density at radius 3 is 2.43 bits per heavy atom. The summed E-state index contributed by atoms with van der Waals surface area (Å²) in [5.74, 6) is -0.782. The molecule has 1 aliphatic carbocycles. The summed E-state index contributed by atoms with van der Waals surface area (Å²) in [6, 6.07) is 5.73. The van der Waals surface area contributed by atoms with Gasteiger partial charge >= 0.3 is 0 Å². The number of rotatable bonds is 3. The highest BCUT2D eigenvalue weighted by Gasteiger charge is 2.57. The number of nitrogens with zero attached hydrogens (tertiary/aromatic N) is 7. The molecule has 4 heterocycles. The van der Waals surface area contributed by atoms with Crippen molar-refractivity contribution in [3.63, 3.8) is 0 Å². The lowest BCUT2D eigenvalue weighted by atomic mass is 9.73. The van der Waals surface area contributed by atoms with Crippen molar-refractivity contribution in [2.75, 3.05) is 18.0 Å². The van der Waals surface area contributed by atoms with Crippen LogP contribution in [0.4, 0.5) is 19.1 Å². The van der Waals surface area contributed by atoms with Gasteiger partial charge in [0, 0.05) is 49.0 Å². The predicted octanol–water partition coefficient (Wildman–Crippen LogP) is 4.74. The van der Waals surface area contributed by atoms with Crippen molar-refractivity contribution in [3.05, 3.63) is 58.6 Å². The summed E-state index contributed by atoms with van der Waals surface area (Å²) in [6.45, 7) is 4.28. The number of benzene rings is 1. The fourth-order valence-electron chi connectivity index (χ4n) is 5.77. The third-order valence-corrected chi connectivity index (χ3v) is 7.76. The maximum atomic E-state index is 13.9. The molecule has 1 saturated heterocycles. The van der Waals surface area contributed by atoms with Gasteiger partial charge in [-0.2, -0.15) is 0 Å². The Labute approximate surface area is 205 Å². The van der Waals surface area contributed by atoms with E-state index < -0.39 is 17.3 Å². The first-order chi connectivity index (χ1) is 16.7. The smallest absolute Gasteiger partial charge is 0.251 e. The lowest BCUT2D eigenvalue weighted by Gasteiger charge is -2.51. The first-order valence-corrected chi connectivity index (χ1v) is 12.2. The molecule has 35 heavy (non-hydrogen) atoms. The van der Waals surface area contributed by atoms with Gasteiger partial charge in [0.15, 0.2) is 11.6 Å². The van der Waals surface area contributed by atoms with Crippen molar-refractivity contribution in [2.24, 2.45) is 0 Å². The Morgan fingerprint density at radius 1 is 1.03 bits per heavy atom. The van der Waals surface area contributed by atoms with Crippen LogP contribution in [-0.2, 0) is 13.1 Å². The molecule has 0 spiro atoms. The van der Waals surface area contributed by atoms with Crippen LogP contribution in [0, 0.1) is 5.82 Å². The van der Waals surface area contributed by atoms with Crippen molar-refractivity contribution in [1.29, 1.82) is 0 Å². The molecular formula is C24H25ClF3N7. The molecule has 1 aromatic carbocycles. The molecule has 0 amide bonds. The SMILES string of the molecule is CC1(N2Cc3cc(Cl)ccc3-n3c(nnc3C3CCN(c4ncc(F)cn4)CC3)C2)CC(F)(F)C1. The van der Waals surface area contributed by atoms with Crippen LogP contribution < -0.4 is 4.90 Å². The fourth-order valence-corrected chi connectivity index (χ4v) is 5.96. The van der Waals surface area contributed by atoms with E-state index in [4.69, 9.17) is 11.6 Å². The van der Waals surface area contributed by atoms with Gasteiger partial charge in [0.25, 0.3) is 5.92 Å². The number of piperidine rings is 1. The van der Waals surface area contributed by atoms with E-state index in [0.29, 0.717) is 37.1 Å². The van der Waals surface area contributed by atoms with Gasteiger partial charge in [-0.25, -0.2) is 23.1 Å². The zero-order valence-corrected chi connectivity index (χ0v) is 20.0. The number of fused-ring (bicyclic) bond motifs is 3. The van der Waals surface area contributed by atoms with Crippen LogP contribution in [0.15, 0.2) is 30.6 Å². The first kappa shape index (κ1) is 22.7. The second-order valence-electron chi connectivity index (χ2n) is 10.1. The average Bonchev–Trinajstić information content (AvgIpc) is 3.14. The van der Waals surface area contributed by atoms with Crippen molar-refractivity contribution in [2.45, 2.75) is 63.1 Å². The van der Waals surface area contributed by atoms with Gasteiger partial charge < -0.3 is 4.90 Å². The molecular weight excluding hydrogens is 479 g/mol. The number of alkyl halides is 2. The Kier molecular flexibility index (Phi) is 5.30. The molecule has 6 rings (SSSR count). The van der Waals surface area contributed by atoms with E-state index in [9.17, 15) is 13.2 Å². The minimum atomic E-state index is -2.63. The lowest BCUT2D eigenvalue weighted by molar-refractivity contribution is -0.173. The summed E-state index contributed by atoms with van der Waals surface area (Å²) >= 11 is 6.34. The molecule has 2 aliphatic heterocycles. The summed E-state index contributed by atoms with van der Waals surface area (Å²) in [5, 5.41) is 9.73. The standard InChI is InChI=1S/C24H25ClF3N7/c1-23(13-24(27,28)14-23)34-11-16-8-17(25)2-3-19(16)35-20(12-34)31-32-21(35)15-4-6-33(7-5-15)22-29-9-18(26)10-30-22/h2-3,8-10,15H,4-7,11-14H2,1H3. The molecule has 0 bridgehead atoms. The van der Waals surface area contributed by atoms with Gasteiger partial charge in [-0.05, 0) is 43.5 Å². The van der Waals surface area contributed by atoms with E-state index in [1.807, 2.05) is 30.0 Å². The predicted molar refractivity (Wildman–Crippen MR) is 124 cm³/mol. The molecule has 2 aromatic heterocycles. The Balaban J connectivity index is 1.30. The second kappa shape index (κ2) is 8.16. The fraction of sp³-hybridized carbons (Fsp3) is 0.500. The Hall–Kier alpha value is -2.72. The molecule has 0 radical (unpaired) electrons. The number of halogens is 4. The highest BCUT2D eigenvalue weighted by atomic mass is 35.5. The quantitative estimate of drug-likeness (QED) is 0.514. The summed E-state index contributed by atoms with van der Waals surface area (Å²) in [4.78, 5) is 12.3. The Bertz CT molecular complexity index is 1250. The molecule has 0 unspecified atom stereocenters. The molecule has 3 aliphatic rings. The zero-order valence-electron chi connectivity index (χ0n) is 19.3. The number of aromatic nitrogens is 5. The van der Waals surface area contributed by atoms with Gasteiger partial charge in [0.2, 0.25) is 5.95 Å². The van der Waals surface area contributed by atoms with E-state index in [0.717, 1.165) is 35.7 Å². The van der Waals surface area contributed by atoms with Crippen molar-refractivity contribution >= 4 is 17.5 Å². The highest BCUT2D eigenvalue weighted by Crippen LogP contribution is 2.50. The molecule has 0 N–H and O–H groups in total. The molecule has 11 heteroatoms. The largest absolute Gasteiger partial charge is 0.341 e. The normalized spacial score (nSPS) is 21.7. The monoisotopic (exact) mass is 503 g/mol. The summed E-state index contributed by atoms with van der Waals surface area (Å²) in [5.41, 5.74) is 1.32. The van der Waals surface area contributed by atoms with Crippen LogP contribution in [0.1, 0.15) is 55.7 Å². The molecule has 3 aromatic rings. The summed E-state index contributed by atoms with van der Waals surface area (Å²) in [7, 11) is 0. The Morgan fingerprint density at radius 2 is 1.74 bits per heavy atom. The van der Waals surface area contributed by atoms with Gasteiger partial charge in [0.05, 0.1) is 24.6 Å². The van der Waals surface area contributed by atoms with Crippen LogP contribution in [0.3, 0.4) is 0 Å². The maximum absolute atomic E-state index is 13.9. The van der Waals surface area contributed by atoms with E-state index in [1.165, 1.54) is 12.4 Å². The second-order valence-corrected chi connectivity index (χ2v) is 10.5. The number of hydrogen-bond acceptors (Lipinski definition) is 6. The third-order valence-electron chi connectivity index (χ3n) is 7.52. The molecule has 0 atom stereocenters. The van der Waals surface area contributed by atoms with Crippen LogP contribution in [0.2, 0.25) is 5.02 Å². The first-order valence-electron chi connectivity index (χ1n) is 11.8. The molecule has 184 valence electrons. The van der Waals surface area contributed by atoms with Gasteiger partial charge in [0.1, 0.15) is 5.82 Å². The molecule has 1 saturated carbocycles. The van der Waals surface area contributed by atoms with Gasteiger partial charge in [-0.15, -0.1) is 10.2 Å². The summed E-state index contributed by atoms with van der Waals surface area (Å²) in [6.07, 6.45) is 3.66. The van der Waals surface area contributed by atoms with E-state index >= 15 is 0 Å². The van der Waals surface area contributed by atoms with Gasteiger partial charge in [-0.3, -0.25) is 9.47 Å². The van der Waals surface area contributed by atoms with Gasteiger partial charge in [-0.1, -0.05) is 11.6 Å². The summed E-state index contributed by atoms with van der Waals surface area (Å²) < 4.78 is 43.0. The van der Waals surface area contributed by atoms with Crippen molar-refractivity contribution < 1.29 is 13.2 Å². The van der Waals surface area contributed by atoms with Crippen LogP contribution >= 0.6 is 11.6 Å². The maximum Gasteiger partial charge on any atom is 0.251 e. The van der Waals surface area contributed by atoms with Crippen molar-refractivity contribution in [1.82, 2.24) is 29.6 Å². The average molecular weight is 504 g/mol. The van der Waals surface area contributed by atoms with Crippen LogP contribution in [-0.4, -0.2) is 54.2 Å². The van der Waals surface area contributed by atoms with E-state index in [1.54, 1.807) is 0 Å². The number of hydrogen-bond donors (Lipinski definition) is 0. The lowest BCUT2D eigenvalue weighted by Crippen LogP contribution is -2.59. The van der Waals surface area contributed by atoms with Crippen molar-refractivity contribution in [3.8, 4) is 5.69 Å². The van der Waals surface area contributed by atoms with Crippen LogP contribution in [0.25, 0.3) is 5.69 Å². The molecule has 7 nitrogen and oxygen atoms in total. The third kappa shape index (κ3) is 4.06. The minimum absolute atomic E-state index is 0.159. The minimum Gasteiger partial charge on any atom is -0.341 e. The van der Waals surface area contributed by atoms with E-state index in [2.05, 4.69) is 29.6 Å². The topological polar surface area (TPSA) is 63.0 Å². The van der Waals surface area contributed by atoms with Crippen LogP contribution in [0.5, 0.6) is 0 Å².